The molecule has 0 amide bonds. The van der Waals surface area contributed by atoms with Crippen LogP contribution in [0.15, 0.2) is 60.8 Å². The van der Waals surface area contributed by atoms with Gasteiger partial charge in [0.1, 0.15) is 11.5 Å². The minimum absolute atomic E-state index is 0.204. The largest absolute Gasteiger partial charge is 0.508 e. The predicted molar refractivity (Wildman–Crippen MR) is 107 cm³/mol. The maximum Gasteiger partial charge on any atom is 0.116 e. The Bertz CT molecular complexity index is 893. The second-order valence-corrected chi connectivity index (χ2v) is 6.43. The first-order valence-electron chi connectivity index (χ1n) is 8.89. The first-order valence-corrected chi connectivity index (χ1v) is 8.89. The number of rotatable bonds is 6. The highest BCUT2D eigenvalue weighted by molar-refractivity contribution is 5.88. The zero-order valence-electron chi connectivity index (χ0n) is 15.2. The molecular weight excluding hydrogens is 324 g/mol. The molecule has 3 aromatic rings. The minimum atomic E-state index is 0.204. The quantitative estimate of drug-likeness (QED) is 0.653. The molecule has 1 aromatic heterocycles. The molecule has 3 rings (SSSR count). The number of aromatic hydroxyl groups is 2. The highest BCUT2D eigenvalue weighted by Crippen LogP contribution is 2.38. The van der Waals surface area contributed by atoms with Crippen LogP contribution in [-0.2, 0) is 0 Å². The number of phenolic OH excluding ortho intramolecular Hbond substituents is 2. The van der Waals surface area contributed by atoms with Crippen molar-refractivity contribution in [1.29, 1.82) is 0 Å². The first-order chi connectivity index (χ1) is 12.6. The van der Waals surface area contributed by atoms with E-state index in [1.54, 1.807) is 36.5 Å². The van der Waals surface area contributed by atoms with E-state index in [1.165, 1.54) is 0 Å². The number of unbranched alkanes of at least 4 members (excludes halogenated alkanes) is 1. The summed E-state index contributed by atoms with van der Waals surface area (Å²) in [7, 11) is 2.07. The van der Waals surface area contributed by atoms with Gasteiger partial charge in [-0.3, -0.25) is 4.98 Å². The molecule has 26 heavy (non-hydrogen) atoms. The number of phenols is 2. The molecule has 0 bridgehead atoms. The highest BCUT2D eigenvalue weighted by Gasteiger charge is 2.15. The van der Waals surface area contributed by atoms with Crippen molar-refractivity contribution in [2.75, 3.05) is 18.5 Å². The number of nitrogens with zero attached hydrogens (tertiary/aromatic N) is 2. The lowest BCUT2D eigenvalue weighted by Gasteiger charge is -2.23. The van der Waals surface area contributed by atoms with Gasteiger partial charge in [0.2, 0.25) is 0 Å². The molecule has 134 valence electrons. The zero-order chi connectivity index (χ0) is 18.5. The van der Waals surface area contributed by atoms with Crippen LogP contribution in [0, 0.1) is 0 Å². The van der Waals surface area contributed by atoms with E-state index >= 15 is 0 Å². The van der Waals surface area contributed by atoms with Gasteiger partial charge in [-0.25, -0.2) is 0 Å². The van der Waals surface area contributed by atoms with E-state index in [0.29, 0.717) is 0 Å². The smallest absolute Gasteiger partial charge is 0.116 e. The lowest BCUT2D eigenvalue weighted by atomic mass is 9.97. The summed E-state index contributed by atoms with van der Waals surface area (Å²) in [6.07, 6.45) is 3.97. The Morgan fingerprint density at radius 3 is 2.50 bits per heavy atom. The molecule has 0 atom stereocenters. The minimum Gasteiger partial charge on any atom is -0.508 e. The van der Waals surface area contributed by atoms with E-state index in [2.05, 4.69) is 23.9 Å². The van der Waals surface area contributed by atoms with Crippen molar-refractivity contribution >= 4 is 5.69 Å². The lowest BCUT2D eigenvalue weighted by molar-refractivity contribution is 0.475. The Hall–Kier alpha value is -3.01. The molecule has 0 saturated heterocycles. The van der Waals surface area contributed by atoms with Crippen molar-refractivity contribution in [1.82, 2.24) is 4.98 Å². The highest BCUT2D eigenvalue weighted by atomic mass is 16.3. The second-order valence-electron chi connectivity index (χ2n) is 6.43. The fraction of sp³-hybridized carbons (Fsp3) is 0.227. The molecule has 0 radical (unpaired) electrons. The summed E-state index contributed by atoms with van der Waals surface area (Å²) in [6.45, 7) is 3.11. The fourth-order valence-electron chi connectivity index (χ4n) is 3.09. The van der Waals surface area contributed by atoms with Crippen molar-refractivity contribution in [3.05, 3.63) is 60.8 Å². The number of hydrogen-bond acceptors (Lipinski definition) is 4. The van der Waals surface area contributed by atoms with E-state index in [0.717, 1.165) is 47.5 Å². The van der Waals surface area contributed by atoms with E-state index in [4.69, 9.17) is 0 Å². The summed E-state index contributed by atoms with van der Waals surface area (Å²) in [5.41, 5.74) is 4.51. The Kier molecular flexibility index (Phi) is 5.42. The Balaban J connectivity index is 2.14. The fourth-order valence-corrected chi connectivity index (χ4v) is 3.09. The summed E-state index contributed by atoms with van der Waals surface area (Å²) in [6, 6.07) is 16.4. The normalized spacial score (nSPS) is 10.7. The van der Waals surface area contributed by atoms with Crippen LogP contribution in [0.1, 0.15) is 19.8 Å². The van der Waals surface area contributed by atoms with Crippen LogP contribution in [0.25, 0.3) is 22.4 Å². The molecule has 0 saturated carbocycles. The molecular formula is C22H24N2O2. The molecule has 4 nitrogen and oxygen atoms in total. The van der Waals surface area contributed by atoms with Crippen molar-refractivity contribution < 1.29 is 10.2 Å². The summed E-state index contributed by atoms with van der Waals surface area (Å²) in [4.78, 5) is 6.75. The van der Waals surface area contributed by atoms with E-state index in [-0.39, 0.29) is 11.5 Å². The second kappa shape index (κ2) is 7.91. The van der Waals surface area contributed by atoms with E-state index in [9.17, 15) is 10.2 Å². The van der Waals surface area contributed by atoms with Crippen LogP contribution in [0.3, 0.4) is 0 Å². The molecule has 4 heteroatoms. The van der Waals surface area contributed by atoms with Gasteiger partial charge in [0, 0.05) is 42.2 Å². The van der Waals surface area contributed by atoms with Crippen LogP contribution in [0.4, 0.5) is 5.69 Å². The van der Waals surface area contributed by atoms with Gasteiger partial charge in [-0.05, 0) is 42.8 Å². The molecule has 0 aliphatic carbocycles. The summed E-state index contributed by atoms with van der Waals surface area (Å²) in [5, 5.41) is 19.9. The average Bonchev–Trinajstić information content (AvgIpc) is 2.66. The lowest BCUT2D eigenvalue weighted by Crippen LogP contribution is -2.19. The topological polar surface area (TPSA) is 56.6 Å². The predicted octanol–water partition coefficient (Wildman–Crippen LogP) is 5.06. The third-order valence-corrected chi connectivity index (χ3v) is 4.46. The average molecular weight is 348 g/mol. The SMILES string of the molecule is CCCCN(C)c1ccc(O)cc1-c1cccnc1-c1cccc(O)c1. The maximum absolute atomic E-state index is 10.1. The van der Waals surface area contributed by atoms with Crippen LogP contribution >= 0.6 is 0 Å². The van der Waals surface area contributed by atoms with Gasteiger partial charge in [0.05, 0.1) is 5.69 Å². The van der Waals surface area contributed by atoms with Crippen molar-refractivity contribution in [3.63, 3.8) is 0 Å². The zero-order valence-corrected chi connectivity index (χ0v) is 15.2. The summed E-state index contributed by atoms with van der Waals surface area (Å²) < 4.78 is 0. The summed E-state index contributed by atoms with van der Waals surface area (Å²) >= 11 is 0. The van der Waals surface area contributed by atoms with E-state index < -0.39 is 0 Å². The van der Waals surface area contributed by atoms with Crippen molar-refractivity contribution in [2.45, 2.75) is 19.8 Å². The van der Waals surface area contributed by atoms with Crippen LogP contribution < -0.4 is 4.90 Å². The van der Waals surface area contributed by atoms with Gasteiger partial charge in [0.25, 0.3) is 0 Å². The Morgan fingerprint density at radius 2 is 1.73 bits per heavy atom. The van der Waals surface area contributed by atoms with Crippen molar-refractivity contribution in [3.8, 4) is 33.9 Å². The van der Waals surface area contributed by atoms with Gasteiger partial charge >= 0.3 is 0 Å². The van der Waals surface area contributed by atoms with Gasteiger partial charge in [-0.15, -0.1) is 0 Å². The molecule has 0 aliphatic heterocycles. The molecule has 0 unspecified atom stereocenters. The first kappa shape index (κ1) is 17.8. The van der Waals surface area contributed by atoms with Gasteiger partial charge in [-0.2, -0.15) is 0 Å². The molecule has 0 aliphatic rings. The van der Waals surface area contributed by atoms with Gasteiger partial charge in [-0.1, -0.05) is 31.5 Å². The van der Waals surface area contributed by atoms with Crippen molar-refractivity contribution in [2.24, 2.45) is 0 Å². The monoisotopic (exact) mass is 348 g/mol. The molecule has 1 heterocycles. The van der Waals surface area contributed by atoms with Crippen LogP contribution in [0.5, 0.6) is 11.5 Å². The molecule has 2 N–H and O–H groups in total. The number of benzene rings is 2. The third-order valence-electron chi connectivity index (χ3n) is 4.46. The standard InChI is InChI=1S/C22H24N2O2/c1-3-4-13-24(2)21-11-10-18(26)15-20(21)19-9-6-12-23-22(19)16-7-5-8-17(25)14-16/h5-12,14-15,25-26H,3-4,13H2,1-2H3. The Labute approximate surface area is 154 Å². The maximum atomic E-state index is 10.1. The van der Waals surface area contributed by atoms with Gasteiger partial charge < -0.3 is 15.1 Å². The molecule has 0 spiro atoms. The van der Waals surface area contributed by atoms with Crippen LogP contribution in [-0.4, -0.2) is 28.8 Å². The molecule has 2 aromatic carbocycles. The Morgan fingerprint density at radius 1 is 0.923 bits per heavy atom. The number of pyridine rings is 1. The van der Waals surface area contributed by atoms with Gasteiger partial charge in [0.15, 0.2) is 0 Å². The number of anilines is 1. The number of aromatic nitrogens is 1. The van der Waals surface area contributed by atoms with E-state index in [1.807, 2.05) is 24.3 Å². The number of hydrogen-bond donors (Lipinski definition) is 2. The van der Waals surface area contributed by atoms with Crippen LogP contribution in [0.2, 0.25) is 0 Å². The molecule has 0 fully saturated rings. The summed E-state index contributed by atoms with van der Waals surface area (Å²) in [5.74, 6) is 0.425. The third kappa shape index (κ3) is 3.80.